The number of rotatable bonds is 4. The summed E-state index contributed by atoms with van der Waals surface area (Å²) in [5.41, 5.74) is 2.42. The van der Waals surface area contributed by atoms with Crippen molar-refractivity contribution in [3.63, 3.8) is 0 Å². The zero-order valence-corrected chi connectivity index (χ0v) is 10.3. The van der Waals surface area contributed by atoms with Gasteiger partial charge in [0.25, 0.3) is 0 Å². The molecule has 0 saturated carbocycles. The van der Waals surface area contributed by atoms with Gasteiger partial charge in [-0.1, -0.05) is 42.3 Å². The summed E-state index contributed by atoms with van der Waals surface area (Å²) in [6.45, 7) is 3.79. The van der Waals surface area contributed by atoms with E-state index in [1.807, 2.05) is 19.1 Å². The predicted molar refractivity (Wildman–Crippen MR) is 62.5 cm³/mol. The van der Waals surface area contributed by atoms with E-state index in [2.05, 4.69) is 28.9 Å². The molecule has 1 aromatic carbocycles. The van der Waals surface area contributed by atoms with Crippen LogP contribution in [0.25, 0.3) is 0 Å². The molecule has 14 heavy (non-hydrogen) atoms. The number of alkyl halides is 1. The smallest absolute Gasteiger partial charge is 0.0960 e. The van der Waals surface area contributed by atoms with Gasteiger partial charge >= 0.3 is 0 Å². The standard InChI is InChI=1S/C12H16BrF/c1-3-4-10-5-6-11(13)7-12(10)9(2)8-14/h5-7,9H,3-4,8H2,1-2H3. The van der Waals surface area contributed by atoms with Crippen LogP contribution in [0, 0.1) is 0 Å². The normalized spacial score (nSPS) is 12.9. The van der Waals surface area contributed by atoms with E-state index in [0.717, 1.165) is 22.9 Å². The zero-order chi connectivity index (χ0) is 10.6. The van der Waals surface area contributed by atoms with Crippen molar-refractivity contribution in [3.8, 4) is 0 Å². The molecule has 2 heteroatoms. The molecule has 0 fully saturated rings. The van der Waals surface area contributed by atoms with Gasteiger partial charge in [0.1, 0.15) is 0 Å². The maximum atomic E-state index is 12.6. The molecule has 0 aliphatic heterocycles. The molecule has 0 spiro atoms. The van der Waals surface area contributed by atoms with E-state index < -0.39 is 0 Å². The molecule has 0 bridgehead atoms. The van der Waals surface area contributed by atoms with Crippen molar-refractivity contribution in [2.24, 2.45) is 0 Å². The highest BCUT2D eigenvalue weighted by Gasteiger charge is 2.10. The Morgan fingerprint density at radius 3 is 2.71 bits per heavy atom. The number of aryl methyl sites for hydroxylation is 1. The minimum Gasteiger partial charge on any atom is -0.250 e. The van der Waals surface area contributed by atoms with Crippen molar-refractivity contribution in [3.05, 3.63) is 33.8 Å². The summed E-state index contributed by atoms with van der Waals surface area (Å²) in [6.07, 6.45) is 2.14. The van der Waals surface area contributed by atoms with E-state index in [1.165, 1.54) is 5.56 Å². The van der Waals surface area contributed by atoms with Crippen molar-refractivity contribution >= 4 is 15.9 Å². The molecule has 1 unspecified atom stereocenters. The van der Waals surface area contributed by atoms with Crippen LogP contribution in [0.1, 0.15) is 37.3 Å². The van der Waals surface area contributed by atoms with Crippen molar-refractivity contribution < 1.29 is 4.39 Å². The molecule has 0 aliphatic carbocycles. The van der Waals surface area contributed by atoms with Crippen LogP contribution in [0.4, 0.5) is 4.39 Å². The lowest BCUT2D eigenvalue weighted by Crippen LogP contribution is -2.01. The molecule has 0 amide bonds. The summed E-state index contributed by atoms with van der Waals surface area (Å²) in [7, 11) is 0. The molecule has 1 aromatic rings. The Hall–Kier alpha value is -0.370. The van der Waals surface area contributed by atoms with Crippen LogP contribution in [0.5, 0.6) is 0 Å². The molecule has 1 atom stereocenters. The van der Waals surface area contributed by atoms with Gasteiger partial charge in [-0.15, -0.1) is 0 Å². The Labute approximate surface area is 93.7 Å². The van der Waals surface area contributed by atoms with Gasteiger partial charge < -0.3 is 0 Å². The van der Waals surface area contributed by atoms with Crippen LogP contribution < -0.4 is 0 Å². The van der Waals surface area contributed by atoms with Crippen molar-refractivity contribution in [1.29, 1.82) is 0 Å². The van der Waals surface area contributed by atoms with E-state index in [1.54, 1.807) is 0 Å². The Morgan fingerprint density at radius 1 is 1.43 bits per heavy atom. The molecule has 78 valence electrons. The van der Waals surface area contributed by atoms with Gasteiger partial charge in [-0.25, -0.2) is 0 Å². The molecule has 0 aliphatic rings. The van der Waals surface area contributed by atoms with E-state index in [4.69, 9.17) is 0 Å². The van der Waals surface area contributed by atoms with E-state index in [-0.39, 0.29) is 12.6 Å². The summed E-state index contributed by atoms with van der Waals surface area (Å²) in [6, 6.07) is 6.16. The van der Waals surface area contributed by atoms with Crippen LogP contribution >= 0.6 is 15.9 Å². The number of hydrogen-bond donors (Lipinski definition) is 0. The van der Waals surface area contributed by atoms with Gasteiger partial charge in [-0.3, -0.25) is 4.39 Å². The number of benzene rings is 1. The van der Waals surface area contributed by atoms with E-state index in [9.17, 15) is 4.39 Å². The molecule has 0 aromatic heterocycles. The lowest BCUT2D eigenvalue weighted by Gasteiger charge is -2.13. The monoisotopic (exact) mass is 258 g/mol. The number of halogens is 2. The third kappa shape index (κ3) is 2.81. The van der Waals surface area contributed by atoms with Crippen LogP contribution in [-0.2, 0) is 6.42 Å². The van der Waals surface area contributed by atoms with Gasteiger partial charge in [0, 0.05) is 10.4 Å². The second kappa shape index (κ2) is 5.50. The summed E-state index contributed by atoms with van der Waals surface area (Å²) in [4.78, 5) is 0. The SMILES string of the molecule is CCCc1ccc(Br)cc1C(C)CF. The lowest BCUT2D eigenvalue weighted by atomic mass is 9.94. The highest BCUT2D eigenvalue weighted by atomic mass is 79.9. The molecular formula is C12H16BrF. The second-order valence-corrected chi connectivity index (χ2v) is 4.56. The second-order valence-electron chi connectivity index (χ2n) is 3.65. The fraction of sp³-hybridized carbons (Fsp3) is 0.500. The summed E-state index contributed by atoms with van der Waals surface area (Å²) < 4.78 is 13.6. The maximum Gasteiger partial charge on any atom is 0.0960 e. The van der Waals surface area contributed by atoms with Crippen LogP contribution in [-0.4, -0.2) is 6.67 Å². The predicted octanol–water partition coefficient (Wildman–Crippen LogP) is 4.47. The summed E-state index contributed by atoms with van der Waals surface area (Å²) in [5.74, 6) is 0.00838. The summed E-state index contributed by atoms with van der Waals surface area (Å²) >= 11 is 3.42. The zero-order valence-electron chi connectivity index (χ0n) is 8.69. The quantitative estimate of drug-likeness (QED) is 0.748. The largest absolute Gasteiger partial charge is 0.250 e. The first-order valence-corrected chi connectivity index (χ1v) is 5.82. The molecule has 0 nitrogen and oxygen atoms in total. The highest BCUT2D eigenvalue weighted by Crippen LogP contribution is 2.25. The molecular weight excluding hydrogens is 243 g/mol. The Morgan fingerprint density at radius 2 is 2.14 bits per heavy atom. The third-order valence-corrected chi connectivity index (χ3v) is 2.88. The van der Waals surface area contributed by atoms with Gasteiger partial charge in [0.15, 0.2) is 0 Å². The van der Waals surface area contributed by atoms with Crippen LogP contribution in [0.3, 0.4) is 0 Å². The minimum absolute atomic E-state index is 0.00838. The van der Waals surface area contributed by atoms with Gasteiger partial charge in [0.05, 0.1) is 6.67 Å². The Balaban J connectivity index is 3.02. The average Bonchev–Trinajstić information content (AvgIpc) is 2.20. The molecule has 0 saturated heterocycles. The first-order chi connectivity index (χ1) is 6.69. The highest BCUT2D eigenvalue weighted by molar-refractivity contribution is 9.10. The molecule has 0 N–H and O–H groups in total. The van der Waals surface area contributed by atoms with Gasteiger partial charge in [-0.2, -0.15) is 0 Å². The van der Waals surface area contributed by atoms with Gasteiger partial charge in [0.2, 0.25) is 0 Å². The van der Waals surface area contributed by atoms with E-state index >= 15 is 0 Å². The third-order valence-electron chi connectivity index (χ3n) is 2.39. The first kappa shape index (κ1) is 11.7. The Bertz CT molecular complexity index is 296. The fourth-order valence-electron chi connectivity index (χ4n) is 1.60. The minimum atomic E-state index is -0.285. The van der Waals surface area contributed by atoms with Gasteiger partial charge in [-0.05, 0) is 29.7 Å². The molecule has 0 radical (unpaired) electrons. The average molecular weight is 259 g/mol. The molecule has 1 rings (SSSR count). The van der Waals surface area contributed by atoms with Crippen LogP contribution in [0.2, 0.25) is 0 Å². The van der Waals surface area contributed by atoms with Crippen molar-refractivity contribution in [1.82, 2.24) is 0 Å². The first-order valence-electron chi connectivity index (χ1n) is 5.03. The lowest BCUT2D eigenvalue weighted by molar-refractivity contribution is 0.445. The topological polar surface area (TPSA) is 0 Å². The summed E-state index contributed by atoms with van der Waals surface area (Å²) in [5, 5.41) is 0. The van der Waals surface area contributed by atoms with Crippen LogP contribution in [0.15, 0.2) is 22.7 Å². The fourth-order valence-corrected chi connectivity index (χ4v) is 1.98. The Kier molecular flexibility index (Phi) is 4.59. The number of hydrogen-bond acceptors (Lipinski definition) is 0. The molecule has 0 heterocycles. The van der Waals surface area contributed by atoms with Crippen molar-refractivity contribution in [2.45, 2.75) is 32.6 Å². The van der Waals surface area contributed by atoms with Crippen molar-refractivity contribution in [2.75, 3.05) is 6.67 Å². The maximum absolute atomic E-state index is 12.6. The van der Waals surface area contributed by atoms with E-state index in [0.29, 0.717) is 0 Å².